The van der Waals surface area contributed by atoms with Crippen LogP contribution in [0.4, 0.5) is 5.69 Å². The number of amides is 1. The van der Waals surface area contributed by atoms with E-state index in [0.717, 1.165) is 29.1 Å². The normalized spacial score (nSPS) is 14.1. The van der Waals surface area contributed by atoms with Gasteiger partial charge in [-0.2, -0.15) is 0 Å². The zero-order valence-corrected chi connectivity index (χ0v) is 17.0. The summed E-state index contributed by atoms with van der Waals surface area (Å²) in [6.07, 6.45) is 0.830. The minimum absolute atomic E-state index is 0.0504. The molecule has 150 valence electrons. The highest BCUT2D eigenvalue weighted by Crippen LogP contribution is 2.37. The van der Waals surface area contributed by atoms with E-state index in [1.165, 1.54) is 0 Å². The van der Waals surface area contributed by atoms with Gasteiger partial charge in [0, 0.05) is 23.7 Å². The highest BCUT2D eigenvalue weighted by Gasteiger charge is 2.19. The minimum Gasteiger partial charge on any atom is -0.497 e. The number of hydrogen-bond donors (Lipinski definition) is 2. The molecule has 28 heavy (non-hydrogen) atoms. The smallest absolute Gasteiger partial charge is 0.279 e. The number of carbonyl (C=O) groups excluding carboxylic acids is 1. The molecule has 2 aromatic carbocycles. The number of halogens is 1. The van der Waals surface area contributed by atoms with E-state index in [-0.39, 0.29) is 5.91 Å². The number of carbonyl (C=O) groups is 1. The van der Waals surface area contributed by atoms with E-state index in [1.807, 2.05) is 30.3 Å². The van der Waals surface area contributed by atoms with Crippen molar-refractivity contribution >= 4 is 23.2 Å². The second-order valence-electron chi connectivity index (χ2n) is 6.69. The number of rotatable bonds is 7. The van der Waals surface area contributed by atoms with Crippen LogP contribution in [-0.2, 0) is 11.3 Å². The van der Waals surface area contributed by atoms with Crippen molar-refractivity contribution in [3.63, 3.8) is 0 Å². The Balaban J connectivity index is 1.64. The number of anilines is 1. The summed E-state index contributed by atoms with van der Waals surface area (Å²) in [5.41, 5.74) is 1.73. The number of likely N-dealkylation sites (N-methyl/N-ethyl adjacent to an activating group) is 1. The van der Waals surface area contributed by atoms with Crippen LogP contribution in [0.5, 0.6) is 17.2 Å². The quantitative estimate of drug-likeness (QED) is 0.743. The lowest BCUT2D eigenvalue weighted by atomic mass is 10.2. The van der Waals surface area contributed by atoms with E-state index in [2.05, 4.69) is 12.2 Å². The van der Waals surface area contributed by atoms with Crippen LogP contribution in [0.2, 0.25) is 5.02 Å². The average molecular weight is 406 g/mol. The molecule has 2 N–H and O–H groups in total. The summed E-state index contributed by atoms with van der Waals surface area (Å²) in [4.78, 5) is 13.6. The predicted octanol–water partition coefficient (Wildman–Crippen LogP) is 2.55. The molecule has 0 bridgehead atoms. The third-order valence-electron chi connectivity index (χ3n) is 4.58. The third-order valence-corrected chi connectivity index (χ3v) is 4.86. The van der Waals surface area contributed by atoms with Crippen LogP contribution < -0.4 is 24.4 Å². The lowest BCUT2D eigenvalue weighted by Gasteiger charge is -2.19. The van der Waals surface area contributed by atoms with E-state index in [1.54, 1.807) is 13.2 Å². The van der Waals surface area contributed by atoms with Gasteiger partial charge in [0.2, 0.25) is 0 Å². The van der Waals surface area contributed by atoms with Gasteiger partial charge in [-0.05, 0) is 31.2 Å². The molecule has 2 aromatic rings. The molecular weight excluding hydrogens is 380 g/mol. The van der Waals surface area contributed by atoms with Crippen molar-refractivity contribution < 1.29 is 23.9 Å². The Labute approximate surface area is 170 Å². The minimum atomic E-state index is -0.0504. The molecule has 0 aromatic heterocycles. The summed E-state index contributed by atoms with van der Waals surface area (Å²) in [7, 11) is 1.60. The molecule has 0 saturated carbocycles. The van der Waals surface area contributed by atoms with Crippen molar-refractivity contribution in [3.8, 4) is 17.2 Å². The Morgan fingerprint density at radius 3 is 2.86 bits per heavy atom. The summed E-state index contributed by atoms with van der Waals surface area (Å²) < 4.78 is 16.6. The first-order chi connectivity index (χ1) is 13.6. The zero-order chi connectivity index (χ0) is 19.9. The van der Waals surface area contributed by atoms with E-state index in [9.17, 15) is 4.79 Å². The van der Waals surface area contributed by atoms with Crippen molar-refractivity contribution in [1.29, 1.82) is 0 Å². The molecule has 0 saturated heterocycles. The van der Waals surface area contributed by atoms with E-state index >= 15 is 0 Å². The largest absolute Gasteiger partial charge is 0.497 e. The Morgan fingerprint density at radius 2 is 2.07 bits per heavy atom. The first-order valence-corrected chi connectivity index (χ1v) is 9.82. The van der Waals surface area contributed by atoms with Gasteiger partial charge < -0.3 is 24.4 Å². The topological polar surface area (TPSA) is 61.2 Å². The third kappa shape index (κ3) is 5.30. The number of ether oxygens (including phenoxy) is 3. The molecule has 6 nitrogen and oxygen atoms in total. The van der Waals surface area contributed by atoms with Crippen LogP contribution in [0.3, 0.4) is 0 Å². The summed E-state index contributed by atoms with van der Waals surface area (Å²) in [6.45, 7) is 5.08. The highest BCUT2D eigenvalue weighted by molar-refractivity contribution is 6.32. The molecule has 1 aliphatic rings. The molecule has 0 spiro atoms. The average Bonchev–Trinajstić information content (AvgIpc) is 2.93. The lowest BCUT2D eigenvalue weighted by Crippen LogP contribution is -3.11. The molecule has 7 heteroatoms. The first-order valence-electron chi connectivity index (χ1n) is 9.44. The lowest BCUT2D eigenvalue weighted by molar-refractivity contribution is -0.903. The fourth-order valence-corrected chi connectivity index (χ4v) is 3.41. The number of quaternary nitrogens is 1. The van der Waals surface area contributed by atoms with E-state index in [4.69, 9.17) is 25.8 Å². The number of methoxy groups -OCH3 is 1. The summed E-state index contributed by atoms with van der Waals surface area (Å²) in [5.74, 6) is 1.94. The van der Waals surface area contributed by atoms with Gasteiger partial charge in [0.1, 0.15) is 12.3 Å². The standard InChI is InChI=1S/C21H25ClN2O4/c1-3-24(14-20(25)23-16-6-4-7-17(12-16)26-2)13-15-10-18(22)21-19(11-15)27-8-5-9-28-21/h4,6-7,10-12H,3,5,8-9,13-14H2,1-2H3,(H,23,25)/p+1. The second kappa shape index (κ2) is 9.66. The number of nitrogens with one attached hydrogen (secondary N) is 2. The van der Waals surface area contributed by atoms with Crippen molar-refractivity contribution in [3.05, 3.63) is 47.0 Å². The molecule has 1 amide bonds. The maximum atomic E-state index is 12.5. The molecule has 1 unspecified atom stereocenters. The van der Waals surface area contributed by atoms with Crippen molar-refractivity contribution in [2.24, 2.45) is 0 Å². The summed E-state index contributed by atoms with van der Waals surface area (Å²) in [6, 6.07) is 11.2. The second-order valence-corrected chi connectivity index (χ2v) is 7.10. The van der Waals surface area contributed by atoms with Gasteiger partial charge >= 0.3 is 0 Å². The molecule has 0 fully saturated rings. The Morgan fingerprint density at radius 1 is 1.25 bits per heavy atom. The van der Waals surface area contributed by atoms with Crippen LogP contribution in [0, 0.1) is 0 Å². The molecule has 1 heterocycles. The Kier molecular flexibility index (Phi) is 7.01. The van der Waals surface area contributed by atoms with Gasteiger partial charge in [0.15, 0.2) is 18.0 Å². The van der Waals surface area contributed by atoms with Gasteiger partial charge in [0.25, 0.3) is 5.91 Å². The Bertz CT molecular complexity index is 828. The van der Waals surface area contributed by atoms with Crippen LogP contribution in [0.1, 0.15) is 18.9 Å². The maximum Gasteiger partial charge on any atom is 0.279 e. The first kappa shape index (κ1) is 20.3. The fourth-order valence-electron chi connectivity index (χ4n) is 3.12. The molecule has 1 aliphatic heterocycles. The molecule has 3 rings (SSSR count). The highest BCUT2D eigenvalue weighted by atomic mass is 35.5. The van der Waals surface area contributed by atoms with Crippen molar-refractivity contribution in [2.75, 3.05) is 38.7 Å². The number of hydrogen-bond acceptors (Lipinski definition) is 4. The van der Waals surface area contributed by atoms with Gasteiger partial charge in [0.05, 0.1) is 31.9 Å². The van der Waals surface area contributed by atoms with Crippen LogP contribution in [-0.4, -0.2) is 39.3 Å². The fraction of sp³-hybridized carbons (Fsp3) is 0.381. The van der Waals surface area contributed by atoms with Crippen LogP contribution in [0.25, 0.3) is 0 Å². The van der Waals surface area contributed by atoms with E-state index in [0.29, 0.717) is 48.6 Å². The molecular formula is C21H26ClN2O4+. The monoisotopic (exact) mass is 405 g/mol. The summed E-state index contributed by atoms with van der Waals surface area (Å²) >= 11 is 6.38. The predicted molar refractivity (Wildman–Crippen MR) is 109 cm³/mol. The van der Waals surface area contributed by atoms with Gasteiger partial charge in [-0.25, -0.2) is 0 Å². The van der Waals surface area contributed by atoms with Crippen LogP contribution in [0.15, 0.2) is 36.4 Å². The van der Waals surface area contributed by atoms with Crippen molar-refractivity contribution in [1.82, 2.24) is 0 Å². The van der Waals surface area contributed by atoms with Gasteiger partial charge in [-0.15, -0.1) is 0 Å². The molecule has 0 radical (unpaired) electrons. The van der Waals surface area contributed by atoms with E-state index < -0.39 is 0 Å². The SMILES string of the molecule is CC[NH+](CC(=O)Nc1cccc(OC)c1)Cc1cc(Cl)c2c(c1)OCCCO2. The maximum absolute atomic E-state index is 12.5. The molecule has 1 atom stereocenters. The summed E-state index contributed by atoms with van der Waals surface area (Å²) in [5, 5.41) is 3.47. The van der Waals surface area contributed by atoms with Crippen LogP contribution >= 0.6 is 11.6 Å². The van der Waals surface area contributed by atoms with Crippen molar-refractivity contribution in [2.45, 2.75) is 19.9 Å². The number of benzene rings is 2. The Hall–Kier alpha value is -2.44. The zero-order valence-electron chi connectivity index (χ0n) is 16.2. The van der Waals surface area contributed by atoms with Gasteiger partial charge in [-0.1, -0.05) is 17.7 Å². The number of fused-ring (bicyclic) bond motifs is 1. The molecule has 0 aliphatic carbocycles. The van der Waals surface area contributed by atoms with Gasteiger partial charge in [-0.3, -0.25) is 4.79 Å².